The molecule has 0 aliphatic carbocycles. The molecule has 2 heterocycles. The number of hydrogen-bond donors (Lipinski definition) is 0. The van der Waals surface area contributed by atoms with Crippen LogP contribution >= 0.6 is 0 Å². The van der Waals surface area contributed by atoms with Gasteiger partial charge in [-0.15, -0.1) is 0 Å². The highest BCUT2D eigenvalue weighted by molar-refractivity contribution is 4.94. The highest BCUT2D eigenvalue weighted by atomic mass is 15.3. The molecule has 0 spiro atoms. The third kappa shape index (κ3) is 1.18. The zero-order valence-corrected chi connectivity index (χ0v) is 7.58. The molecule has 0 aromatic carbocycles. The van der Waals surface area contributed by atoms with Gasteiger partial charge in [0.15, 0.2) is 0 Å². The van der Waals surface area contributed by atoms with E-state index in [0.717, 1.165) is 12.0 Å². The molecule has 2 rings (SSSR count). The molecular weight excluding hydrogens is 136 g/mol. The van der Waals surface area contributed by atoms with Crippen LogP contribution in [0.25, 0.3) is 0 Å². The fraction of sp³-hybridized carbons (Fsp3) is 1.00. The van der Waals surface area contributed by atoms with Crippen molar-refractivity contribution in [3.05, 3.63) is 0 Å². The van der Waals surface area contributed by atoms with Gasteiger partial charge in [0.25, 0.3) is 0 Å². The van der Waals surface area contributed by atoms with Gasteiger partial charge in [0.05, 0.1) is 0 Å². The molecule has 0 saturated carbocycles. The van der Waals surface area contributed by atoms with Gasteiger partial charge in [-0.3, -0.25) is 0 Å². The maximum atomic E-state index is 2.58. The summed E-state index contributed by atoms with van der Waals surface area (Å²) in [4.78, 5) is 5.08. The average molecular weight is 154 g/mol. The second-order valence-electron chi connectivity index (χ2n) is 3.95. The lowest BCUT2D eigenvalue weighted by Crippen LogP contribution is -2.61. The van der Waals surface area contributed by atoms with E-state index in [2.05, 4.69) is 23.8 Å². The maximum absolute atomic E-state index is 2.58. The summed E-state index contributed by atoms with van der Waals surface area (Å²) in [6.45, 7) is 7.52. The molecule has 0 amide bonds. The molecule has 2 nitrogen and oxygen atoms in total. The molecule has 2 aliphatic rings. The number of nitrogens with zero attached hydrogens (tertiary/aromatic N) is 2. The van der Waals surface area contributed by atoms with Gasteiger partial charge in [0.1, 0.15) is 0 Å². The van der Waals surface area contributed by atoms with Crippen molar-refractivity contribution in [1.29, 1.82) is 0 Å². The number of piperidine rings is 1. The topological polar surface area (TPSA) is 6.48 Å². The highest BCUT2D eigenvalue weighted by Crippen LogP contribution is 2.30. The maximum Gasteiger partial charge on any atom is 0.0157 e. The lowest BCUT2D eigenvalue weighted by atomic mass is 9.83. The first-order valence-electron chi connectivity index (χ1n) is 4.74. The molecule has 0 radical (unpaired) electrons. The van der Waals surface area contributed by atoms with Gasteiger partial charge in [-0.05, 0) is 32.5 Å². The summed E-state index contributed by atoms with van der Waals surface area (Å²) < 4.78 is 0. The summed E-state index contributed by atoms with van der Waals surface area (Å²) in [6, 6.07) is 0.929. The Morgan fingerprint density at radius 1 is 1.36 bits per heavy atom. The number of likely N-dealkylation sites (tertiary alicyclic amines) is 2. The summed E-state index contributed by atoms with van der Waals surface area (Å²) in [5.74, 6) is 0.994. The largest absolute Gasteiger partial charge is 0.303 e. The van der Waals surface area contributed by atoms with E-state index in [9.17, 15) is 0 Å². The Labute approximate surface area is 69.2 Å². The third-order valence-electron chi connectivity index (χ3n) is 3.31. The number of hydrogen-bond acceptors (Lipinski definition) is 2. The van der Waals surface area contributed by atoms with E-state index in [1.165, 1.54) is 32.6 Å². The molecule has 2 heteroatoms. The fourth-order valence-electron chi connectivity index (χ4n) is 2.51. The van der Waals surface area contributed by atoms with E-state index in [0.29, 0.717) is 0 Å². The van der Waals surface area contributed by atoms with Crippen molar-refractivity contribution in [2.24, 2.45) is 5.92 Å². The van der Waals surface area contributed by atoms with Crippen molar-refractivity contribution in [1.82, 2.24) is 9.80 Å². The Hall–Kier alpha value is -0.0800. The van der Waals surface area contributed by atoms with Crippen LogP contribution in [0.2, 0.25) is 0 Å². The van der Waals surface area contributed by atoms with Gasteiger partial charge in [-0.25, -0.2) is 0 Å². The zero-order chi connectivity index (χ0) is 7.84. The number of fused-ring (bicyclic) bond motifs is 1. The van der Waals surface area contributed by atoms with Crippen LogP contribution in [0.3, 0.4) is 0 Å². The normalized spacial score (nSPS) is 39.8. The monoisotopic (exact) mass is 154 g/mol. The predicted molar refractivity (Wildman–Crippen MR) is 46.6 cm³/mol. The van der Waals surface area contributed by atoms with E-state index in [-0.39, 0.29) is 0 Å². The van der Waals surface area contributed by atoms with Gasteiger partial charge in [0.2, 0.25) is 0 Å². The van der Waals surface area contributed by atoms with E-state index >= 15 is 0 Å². The quantitative estimate of drug-likeness (QED) is 0.547. The minimum Gasteiger partial charge on any atom is -0.303 e. The van der Waals surface area contributed by atoms with Crippen LogP contribution in [0, 0.1) is 5.92 Å². The van der Waals surface area contributed by atoms with Crippen LogP contribution in [0.4, 0.5) is 0 Å². The first-order chi connectivity index (χ1) is 5.31. The van der Waals surface area contributed by atoms with Gasteiger partial charge >= 0.3 is 0 Å². The number of rotatable bonds is 1. The average Bonchev–Trinajstić information content (AvgIpc) is 2.02. The lowest BCUT2D eigenvalue weighted by molar-refractivity contribution is -0.0237. The second-order valence-corrected chi connectivity index (χ2v) is 3.95. The Kier molecular flexibility index (Phi) is 1.90. The Morgan fingerprint density at radius 3 is 2.73 bits per heavy atom. The summed E-state index contributed by atoms with van der Waals surface area (Å²) in [6.07, 6.45) is 1.40. The van der Waals surface area contributed by atoms with Crippen molar-refractivity contribution in [3.8, 4) is 0 Å². The zero-order valence-electron chi connectivity index (χ0n) is 7.58. The van der Waals surface area contributed by atoms with Gasteiger partial charge in [-0.1, -0.05) is 6.92 Å². The standard InChI is InChI=1S/C9H18N2/c1-3-11-5-4-9-8(7-11)6-10(9)2/h8-9H,3-7H2,1-2H3. The minimum atomic E-state index is 0.929. The van der Waals surface area contributed by atoms with Crippen molar-refractivity contribution in [2.75, 3.05) is 33.2 Å². The Morgan fingerprint density at radius 2 is 2.18 bits per heavy atom. The molecule has 2 unspecified atom stereocenters. The van der Waals surface area contributed by atoms with Gasteiger partial charge < -0.3 is 9.80 Å². The molecule has 0 aromatic rings. The Bertz CT molecular complexity index is 146. The first-order valence-corrected chi connectivity index (χ1v) is 4.74. The van der Waals surface area contributed by atoms with E-state index < -0.39 is 0 Å². The van der Waals surface area contributed by atoms with Crippen LogP contribution in [0.15, 0.2) is 0 Å². The Balaban J connectivity index is 1.87. The molecule has 2 atom stereocenters. The van der Waals surface area contributed by atoms with E-state index in [1.807, 2.05) is 0 Å². The summed E-state index contributed by atoms with van der Waals surface area (Å²) in [5, 5.41) is 0. The smallest absolute Gasteiger partial charge is 0.0157 e. The summed E-state index contributed by atoms with van der Waals surface area (Å²) in [5.41, 5.74) is 0. The first kappa shape index (κ1) is 7.56. The van der Waals surface area contributed by atoms with E-state index in [4.69, 9.17) is 0 Å². The molecule has 2 aliphatic heterocycles. The van der Waals surface area contributed by atoms with Crippen LogP contribution in [0.5, 0.6) is 0 Å². The molecule has 0 aromatic heterocycles. The van der Waals surface area contributed by atoms with Crippen molar-refractivity contribution >= 4 is 0 Å². The molecule has 0 bridgehead atoms. The van der Waals surface area contributed by atoms with Crippen molar-refractivity contribution < 1.29 is 0 Å². The molecule has 2 saturated heterocycles. The van der Waals surface area contributed by atoms with Gasteiger partial charge in [0, 0.05) is 19.1 Å². The van der Waals surface area contributed by atoms with Gasteiger partial charge in [-0.2, -0.15) is 0 Å². The predicted octanol–water partition coefficient (Wildman–Crippen LogP) is 0.642. The van der Waals surface area contributed by atoms with Crippen LogP contribution in [0.1, 0.15) is 13.3 Å². The van der Waals surface area contributed by atoms with Crippen molar-refractivity contribution in [3.63, 3.8) is 0 Å². The SMILES string of the molecule is CCN1CCC2C(C1)CN2C. The summed E-state index contributed by atoms with van der Waals surface area (Å²) >= 11 is 0. The third-order valence-corrected chi connectivity index (χ3v) is 3.31. The molecule has 64 valence electrons. The van der Waals surface area contributed by atoms with Crippen LogP contribution < -0.4 is 0 Å². The molecule has 0 N–H and O–H groups in total. The second kappa shape index (κ2) is 2.76. The van der Waals surface area contributed by atoms with Crippen LogP contribution in [-0.4, -0.2) is 49.1 Å². The van der Waals surface area contributed by atoms with E-state index in [1.54, 1.807) is 0 Å². The molecule has 11 heavy (non-hydrogen) atoms. The molecule has 2 fully saturated rings. The fourth-order valence-corrected chi connectivity index (χ4v) is 2.51. The van der Waals surface area contributed by atoms with Crippen molar-refractivity contribution in [2.45, 2.75) is 19.4 Å². The molecular formula is C9H18N2. The summed E-state index contributed by atoms with van der Waals surface area (Å²) in [7, 11) is 2.25. The lowest BCUT2D eigenvalue weighted by Gasteiger charge is -2.51. The minimum absolute atomic E-state index is 0.929. The highest BCUT2D eigenvalue weighted by Gasteiger charge is 2.39. The van der Waals surface area contributed by atoms with Crippen LogP contribution in [-0.2, 0) is 0 Å².